The molecule has 0 unspecified atom stereocenters. The molecule has 0 saturated heterocycles. The first-order valence-corrected chi connectivity index (χ1v) is 4.28. The third-order valence-corrected chi connectivity index (χ3v) is 1.80. The molecule has 0 aliphatic carbocycles. The second-order valence-electron chi connectivity index (χ2n) is 2.83. The molecule has 0 aliphatic rings. The number of azide groups is 1. The molecule has 15 heavy (non-hydrogen) atoms. The summed E-state index contributed by atoms with van der Waals surface area (Å²) in [5.74, 6) is 5.51. The highest BCUT2D eigenvalue weighted by atomic mass is 15.1. The van der Waals surface area contributed by atoms with Gasteiger partial charge in [-0.25, -0.2) is 0 Å². The van der Waals surface area contributed by atoms with Gasteiger partial charge in [-0.05, 0) is 30.2 Å². The van der Waals surface area contributed by atoms with Crippen molar-refractivity contribution in [3.05, 3.63) is 45.3 Å². The molecule has 0 atom stereocenters. The zero-order chi connectivity index (χ0) is 11.1. The van der Waals surface area contributed by atoms with Crippen molar-refractivity contribution in [2.75, 3.05) is 6.54 Å². The average molecular weight is 196 g/mol. The summed E-state index contributed by atoms with van der Waals surface area (Å²) in [7, 11) is 0. The number of benzene rings is 1. The largest absolute Gasteiger partial charge is 0.192 e. The van der Waals surface area contributed by atoms with Crippen LogP contribution in [0.1, 0.15) is 16.7 Å². The van der Waals surface area contributed by atoms with Crippen LogP contribution < -0.4 is 0 Å². The minimum absolute atomic E-state index is 0.145. The number of rotatable bonds is 1. The third kappa shape index (κ3) is 3.08. The van der Waals surface area contributed by atoms with Crippen LogP contribution in [0, 0.1) is 30.1 Å². The minimum atomic E-state index is 0.145. The van der Waals surface area contributed by atoms with Crippen LogP contribution in [0.25, 0.3) is 10.4 Å². The van der Waals surface area contributed by atoms with E-state index >= 15 is 0 Å². The van der Waals surface area contributed by atoms with Crippen molar-refractivity contribution in [2.24, 2.45) is 5.11 Å². The van der Waals surface area contributed by atoms with Crippen molar-refractivity contribution in [1.29, 1.82) is 5.26 Å². The van der Waals surface area contributed by atoms with Gasteiger partial charge in [0.15, 0.2) is 0 Å². The van der Waals surface area contributed by atoms with E-state index in [4.69, 9.17) is 10.8 Å². The number of aryl methyl sites for hydroxylation is 1. The van der Waals surface area contributed by atoms with Gasteiger partial charge in [0, 0.05) is 10.5 Å². The van der Waals surface area contributed by atoms with E-state index in [0.29, 0.717) is 5.56 Å². The fraction of sp³-hybridized carbons (Fsp3) is 0.182. The Morgan fingerprint density at radius 3 is 3.00 bits per heavy atom. The Kier molecular flexibility index (Phi) is 3.79. The lowest BCUT2D eigenvalue weighted by molar-refractivity contribution is 1.25. The highest BCUT2D eigenvalue weighted by Crippen LogP contribution is 2.08. The predicted octanol–water partition coefficient (Wildman–Crippen LogP) is 2.53. The van der Waals surface area contributed by atoms with Crippen molar-refractivity contribution >= 4 is 0 Å². The van der Waals surface area contributed by atoms with Gasteiger partial charge in [-0.3, -0.25) is 0 Å². The summed E-state index contributed by atoms with van der Waals surface area (Å²) in [5.41, 5.74) is 10.3. The van der Waals surface area contributed by atoms with Gasteiger partial charge in [0.1, 0.15) is 0 Å². The van der Waals surface area contributed by atoms with E-state index in [9.17, 15) is 0 Å². The van der Waals surface area contributed by atoms with E-state index in [1.165, 1.54) is 0 Å². The molecule has 1 rings (SSSR count). The van der Waals surface area contributed by atoms with E-state index in [1.54, 1.807) is 6.07 Å². The summed E-state index contributed by atoms with van der Waals surface area (Å²) in [5, 5.41) is 12.1. The van der Waals surface area contributed by atoms with Gasteiger partial charge in [-0.2, -0.15) is 5.26 Å². The zero-order valence-corrected chi connectivity index (χ0v) is 8.23. The molecule has 0 heterocycles. The van der Waals surface area contributed by atoms with Crippen LogP contribution in [-0.2, 0) is 0 Å². The quantitative estimate of drug-likeness (QED) is 0.294. The van der Waals surface area contributed by atoms with Gasteiger partial charge < -0.3 is 0 Å². The Balaban J connectivity index is 2.91. The first-order valence-electron chi connectivity index (χ1n) is 4.28. The lowest BCUT2D eigenvalue weighted by atomic mass is 10.1. The first kappa shape index (κ1) is 10.7. The molecular formula is C11H8N4. The number of hydrogen-bond acceptors (Lipinski definition) is 2. The van der Waals surface area contributed by atoms with Gasteiger partial charge in [0.25, 0.3) is 0 Å². The molecule has 0 aliphatic heterocycles. The summed E-state index contributed by atoms with van der Waals surface area (Å²) >= 11 is 0. The van der Waals surface area contributed by atoms with E-state index in [1.807, 2.05) is 19.1 Å². The van der Waals surface area contributed by atoms with Crippen molar-refractivity contribution < 1.29 is 0 Å². The van der Waals surface area contributed by atoms with E-state index < -0.39 is 0 Å². The normalized spacial score (nSPS) is 8.00. The van der Waals surface area contributed by atoms with Gasteiger partial charge in [-0.15, -0.1) is 0 Å². The van der Waals surface area contributed by atoms with Gasteiger partial charge in [0.05, 0.1) is 18.2 Å². The SMILES string of the molecule is Cc1ccc(C#CCN=[N+]=[N-])cc1C#N. The second kappa shape index (κ2) is 5.34. The van der Waals surface area contributed by atoms with Gasteiger partial charge >= 0.3 is 0 Å². The van der Waals surface area contributed by atoms with Crippen LogP contribution in [-0.4, -0.2) is 6.54 Å². The average Bonchev–Trinajstić information content (AvgIpc) is 2.26. The summed E-state index contributed by atoms with van der Waals surface area (Å²) in [6.07, 6.45) is 0. The summed E-state index contributed by atoms with van der Waals surface area (Å²) in [4.78, 5) is 2.58. The maximum absolute atomic E-state index is 8.79. The summed E-state index contributed by atoms with van der Waals surface area (Å²) in [6, 6.07) is 7.48. The van der Waals surface area contributed by atoms with Gasteiger partial charge in [-0.1, -0.05) is 23.0 Å². The second-order valence-corrected chi connectivity index (χ2v) is 2.83. The molecule has 0 amide bonds. The van der Waals surface area contributed by atoms with Crippen LogP contribution in [0.5, 0.6) is 0 Å². The summed E-state index contributed by atoms with van der Waals surface area (Å²) in [6.45, 7) is 2.02. The minimum Gasteiger partial charge on any atom is -0.192 e. The van der Waals surface area contributed by atoms with E-state index in [0.717, 1.165) is 11.1 Å². The predicted molar refractivity (Wildman–Crippen MR) is 56.8 cm³/mol. The topological polar surface area (TPSA) is 72.6 Å². The highest BCUT2D eigenvalue weighted by molar-refractivity contribution is 5.45. The molecule has 1 aromatic rings. The van der Waals surface area contributed by atoms with E-state index in [-0.39, 0.29) is 6.54 Å². The molecule has 0 aromatic heterocycles. The van der Waals surface area contributed by atoms with Crippen molar-refractivity contribution in [3.63, 3.8) is 0 Å². The zero-order valence-electron chi connectivity index (χ0n) is 8.23. The van der Waals surface area contributed by atoms with Crippen molar-refractivity contribution in [3.8, 4) is 17.9 Å². The van der Waals surface area contributed by atoms with Crippen LogP contribution in [0.15, 0.2) is 23.3 Å². The molecule has 72 valence electrons. The number of hydrogen-bond donors (Lipinski definition) is 0. The van der Waals surface area contributed by atoms with Gasteiger partial charge in [0.2, 0.25) is 0 Å². The fourth-order valence-electron chi connectivity index (χ4n) is 1.03. The smallest absolute Gasteiger partial charge is 0.0994 e. The monoisotopic (exact) mass is 196 g/mol. The highest BCUT2D eigenvalue weighted by Gasteiger charge is 1.96. The molecule has 0 saturated carbocycles. The van der Waals surface area contributed by atoms with Crippen LogP contribution in [0.3, 0.4) is 0 Å². The number of nitrogens with zero attached hydrogens (tertiary/aromatic N) is 4. The number of nitriles is 1. The molecule has 4 nitrogen and oxygen atoms in total. The Hall–Kier alpha value is -2.42. The molecule has 0 spiro atoms. The lowest BCUT2D eigenvalue weighted by Gasteiger charge is -1.96. The molecule has 0 bridgehead atoms. The maximum Gasteiger partial charge on any atom is 0.0994 e. The van der Waals surface area contributed by atoms with Crippen LogP contribution >= 0.6 is 0 Å². The Morgan fingerprint density at radius 2 is 2.33 bits per heavy atom. The first-order chi connectivity index (χ1) is 7.27. The molecule has 0 fully saturated rings. The standard InChI is InChI=1S/C11H8N4/c1-9-4-5-10(7-11(9)8-12)3-2-6-14-15-13/h4-5,7H,6H2,1H3. The Morgan fingerprint density at radius 1 is 1.53 bits per heavy atom. The Labute approximate surface area is 87.8 Å². The summed E-state index contributed by atoms with van der Waals surface area (Å²) < 4.78 is 0. The third-order valence-electron chi connectivity index (χ3n) is 1.80. The molecule has 0 N–H and O–H groups in total. The van der Waals surface area contributed by atoms with Crippen molar-refractivity contribution in [1.82, 2.24) is 0 Å². The van der Waals surface area contributed by atoms with Crippen molar-refractivity contribution in [2.45, 2.75) is 6.92 Å². The van der Waals surface area contributed by atoms with Crippen LogP contribution in [0.2, 0.25) is 0 Å². The lowest BCUT2D eigenvalue weighted by Crippen LogP contribution is -1.84. The van der Waals surface area contributed by atoms with E-state index in [2.05, 4.69) is 27.9 Å². The Bertz CT molecular complexity index is 508. The molecule has 1 aromatic carbocycles. The fourth-order valence-corrected chi connectivity index (χ4v) is 1.03. The van der Waals surface area contributed by atoms with Crippen LogP contribution in [0.4, 0.5) is 0 Å². The molecular weight excluding hydrogens is 188 g/mol. The molecule has 4 heteroatoms. The maximum atomic E-state index is 8.79. The molecule has 0 radical (unpaired) electrons.